The summed E-state index contributed by atoms with van der Waals surface area (Å²) >= 11 is 0. The number of hydrogen-bond acceptors (Lipinski definition) is 3. The minimum Gasteiger partial charge on any atom is -0.315 e. The molecule has 2 aliphatic rings. The van der Waals surface area contributed by atoms with Crippen LogP contribution in [0.2, 0.25) is 0 Å². The maximum Gasteiger partial charge on any atom is 0.231 e. The summed E-state index contributed by atoms with van der Waals surface area (Å²) in [7, 11) is 0. The Hall–Kier alpha value is -0.630. The summed E-state index contributed by atoms with van der Waals surface area (Å²) in [5.41, 5.74) is 0. The zero-order chi connectivity index (χ0) is 15.4. The Morgan fingerprint density at radius 1 is 0.952 bits per heavy atom. The molecular weight excluding hydrogens is 260 g/mol. The monoisotopic (exact) mass is 292 g/mol. The first-order valence-electron chi connectivity index (χ1n) is 8.60. The largest absolute Gasteiger partial charge is 0.315 e. The lowest BCUT2D eigenvalue weighted by Crippen LogP contribution is -2.60. The van der Waals surface area contributed by atoms with Gasteiger partial charge in [0.25, 0.3) is 0 Å². The van der Waals surface area contributed by atoms with E-state index in [4.69, 9.17) is 6.57 Å². The molecule has 0 N–H and O–H groups in total. The summed E-state index contributed by atoms with van der Waals surface area (Å²) < 4.78 is 0. The molecule has 2 aliphatic heterocycles. The Bertz CT molecular complexity index is 352. The van der Waals surface area contributed by atoms with E-state index in [0.717, 1.165) is 19.6 Å². The van der Waals surface area contributed by atoms with Crippen LogP contribution in [0.1, 0.15) is 40.5 Å². The lowest BCUT2D eigenvalue weighted by molar-refractivity contribution is 0.00728. The van der Waals surface area contributed by atoms with Crippen molar-refractivity contribution in [2.75, 3.05) is 39.3 Å². The fourth-order valence-corrected chi connectivity index (χ4v) is 3.84. The van der Waals surface area contributed by atoms with Gasteiger partial charge in [0.2, 0.25) is 6.54 Å². The number of hydrogen-bond donors (Lipinski definition) is 0. The van der Waals surface area contributed by atoms with Crippen LogP contribution in [0.3, 0.4) is 0 Å². The van der Waals surface area contributed by atoms with Gasteiger partial charge in [-0.25, -0.2) is 6.57 Å². The molecule has 4 nitrogen and oxygen atoms in total. The van der Waals surface area contributed by atoms with Crippen LogP contribution in [0, 0.1) is 6.57 Å². The third kappa shape index (κ3) is 4.18. The average molecular weight is 292 g/mol. The Kier molecular flexibility index (Phi) is 6.04. The van der Waals surface area contributed by atoms with E-state index in [-0.39, 0.29) is 0 Å². The highest BCUT2D eigenvalue weighted by molar-refractivity contribution is 4.93. The summed E-state index contributed by atoms with van der Waals surface area (Å²) in [5, 5.41) is 0. The molecule has 0 aliphatic carbocycles. The molecule has 21 heavy (non-hydrogen) atoms. The van der Waals surface area contributed by atoms with Crippen molar-refractivity contribution in [1.82, 2.24) is 14.7 Å². The first kappa shape index (κ1) is 16.7. The predicted molar refractivity (Wildman–Crippen MR) is 88.4 cm³/mol. The molecule has 2 saturated heterocycles. The number of piperidine rings is 1. The molecule has 0 aromatic carbocycles. The van der Waals surface area contributed by atoms with Gasteiger partial charge in [0.15, 0.2) is 0 Å². The van der Waals surface area contributed by atoms with Crippen LogP contribution in [0.25, 0.3) is 4.85 Å². The summed E-state index contributed by atoms with van der Waals surface area (Å²) in [6.45, 7) is 22.9. The molecule has 0 bridgehead atoms. The van der Waals surface area contributed by atoms with E-state index < -0.39 is 0 Å². The fourth-order valence-electron chi connectivity index (χ4n) is 3.84. The number of piperazine rings is 1. The summed E-state index contributed by atoms with van der Waals surface area (Å²) in [5.74, 6) is 0. The van der Waals surface area contributed by atoms with Crippen molar-refractivity contribution >= 4 is 0 Å². The third-order valence-corrected chi connectivity index (χ3v) is 5.29. The van der Waals surface area contributed by atoms with Crippen LogP contribution in [0.4, 0.5) is 0 Å². The number of rotatable bonds is 4. The number of nitrogens with zero attached hydrogens (tertiary/aromatic N) is 4. The molecule has 2 rings (SSSR count). The molecule has 2 heterocycles. The van der Waals surface area contributed by atoms with Gasteiger partial charge in [0.1, 0.15) is 0 Å². The smallest absolute Gasteiger partial charge is 0.231 e. The molecule has 0 unspecified atom stereocenters. The SMILES string of the molecule is [C-]#[N+]C[C@@H]1CN(C(C)C)CCN1C1CCN(C(C)C)CC1. The maximum absolute atomic E-state index is 7.28. The van der Waals surface area contributed by atoms with Crippen molar-refractivity contribution in [3.05, 3.63) is 11.4 Å². The van der Waals surface area contributed by atoms with Crippen molar-refractivity contribution in [3.8, 4) is 0 Å². The average Bonchev–Trinajstić information content (AvgIpc) is 2.47. The molecule has 4 heteroatoms. The second-order valence-corrected chi connectivity index (χ2v) is 7.18. The van der Waals surface area contributed by atoms with E-state index in [1.165, 1.54) is 25.9 Å². The molecule has 1 atom stereocenters. The first-order valence-corrected chi connectivity index (χ1v) is 8.60. The molecule has 0 aromatic heterocycles. The van der Waals surface area contributed by atoms with Gasteiger partial charge < -0.3 is 9.74 Å². The van der Waals surface area contributed by atoms with Crippen LogP contribution in [0.15, 0.2) is 0 Å². The van der Waals surface area contributed by atoms with E-state index in [9.17, 15) is 0 Å². The first-order chi connectivity index (χ1) is 10.0. The van der Waals surface area contributed by atoms with Gasteiger partial charge in [0.05, 0.1) is 6.04 Å². The highest BCUT2D eigenvalue weighted by atomic mass is 15.3. The van der Waals surface area contributed by atoms with Crippen molar-refractivity contribution in [3.63, 3.8) is 0 Å². The third-order valence-electron chi connectivity index (χ3n) is 5.29. The molecule has 120 valence electrons. The van der Waals surface area contributed by atoms with Crippen LogP contribution >= 0.6 is 0 Å². The van der Waals surface area contributed by atoms with Gasteiger partial charge in [0, 0.05) is 37.8 Å². The van der Waals surface area contributed by atoms with Gasteiger partial charge in [-0.05, 0) is 53.6 Å². The van der Waals surface area contributed by atoms with Crippen LogP contribution in [0.5, 0.6) is 0 Å². The van der Waals surface area contributed by atoms with Gasteiger partial charge in [-0.3, -0.25) is 9.80 Å². The highest BCUT2D eigenvalue weighted by Crippen LogP contribution is 2.23. The van der Waals surface area contributed by atoms with Crippen LogP contribution in [-0.2, 0) is 0 Å². The molecule has 2 fully saturated rings. The zero-order valence-corrected chi connectivity index (χ0v) is 14.3. The number of likely N-dealkylation sites (tertiary alicyclic amines) is 1. The summed E-state index contributed by atoms with van der Waals surface area (Å²) in [6, 6.07) is 2.40. The van der Waals surface area contributed by atoms with E-state index in [2.05, 4.69) is 47.2 Å². The van der Waals surface area contributed by atoms with Crippen molar-refractivity contribution in [2.45, 2.75) is 64.7 Å². The minimum absolute atomic E-state index is 0.439. The van der Waals surface area contributed by atoms with Gasteiger partial charge >= 0.3 is 0 Å². The molecule has 0 amide bonds. The topological polar surface area (TPSA) is 14.1 Å². The minimum atomic E-state index is 0.439. The lowest BCUT2D eigenvalue weighted by atomic mass is 9.98. The van der Waals surface area contributed by atoms with E-state index in [1.54, 1.807) is 0 Å². The van der Waals surface area contributed by atoms with Crippen molar-refractivity contribution < 1.29 is 0 Å². The second-order valence-electron chi connectivity index (χ2n) is 7.18. The summed E-state index contributed by atoms with van der Waals surface area (Å²) in [4.78, 5) is 11.5. The second kappa shape index (κ2) is 7.58. The quantitative estimate of drug-likeness (QED) is 0.738. The maximum atomic E-state index is 7.28. The van der Waals surface area contributed by atoms with E-state index in [1.807, 2.05) is 0 Å². The molecule has 0 spiro atoms. The Balaban J connectivity index is 1.94. The highest BCUT2D eigenvalue weighted by Gasteiger charge is 2.36. The van der Waals surface area contributed by atoms with Crippen LogP contribution < -0.4 is 0 Å². The standard InChI is InChI=1S/C17H32N4/c1-14(2)19-8-6-16(7-9-19)21-11-10-20(15(3)4)13-17(21)12-18-5/h14-17H,6-13H2,1-4H3/t17-/m1/s1. The lowest BCUT2D eigenvalue weighted by Gasteiger charge is -2.47. The zero-order valence-electron chi connectivity index (χ0n) is 14.3. The van der Waals surface area contributed by atoms with E-state index >= 15 is 0 Å². The fraction of sp³-hybridized carbons (Fsp3) is 0.941. The van der Waals surface area contributed by atoms with Gasteiger partial charge in [-0.2, -0.15) is 0 Å². The van der Waals surface area contributed by atoms with E-state index in [0.29, 0.717) is 30.7 Å². The Morgan fingerprint density at radius 2 is 1.57 bits per heavy atom. The predicted octanol–water partition coefficient (Wildman–Crippen LogP) is 2.17. The summed E-state index contributed by atoms with van der Waals surface area (Å²) in [6.07, 6.45) is 2.54. The molecule has 0 saturated carbocycles. The Morgan fingerprint density at radius 3 is 2.10 bits per heavy atom. The van der Waals surface area contributed by atoms with Gasteiger partial charge in [-0.15, -0.1) is 0 Å². The molecule has 0 radical (unpaired) electrons. The Labute approximate surface area is 130 Å². The van der Waals surface area contributed by atoms with Crippen molar-refractivity contribution in [1.29, 1.82) is 0 Å². The van der Waals surface area contributed by atoms with Crippen molar-refractivity contribution in [2.24, 2.45) is 0 Å². The van der Waals surface area contributed by atoms with Crippen LogP contribution in [-0.4, -0.2) is 78.1 Å². The molecule has 0 aromatic rings. The normalized spacial score (nSPS) is 27.4. The van der Waals surface area contributed by atoms with Gasteiger partial charge in [-0.1, -0.05) is 0 Å². The molecular formula is C17H32N4.